The Morgan fingerprint density at radius 3 is 2.78 bits per heavy atom. The molecule has 0 saturated heterocycles. The molecule has 92 valence electrons. The fraction of sp³-hybridized carbons (Fsp3) is 0.231. The fourth-order valence-electron chi connectivity index (χ4n) is 2.53. The second-order valence-electron chi connectivity index (χ2n) is 4.35. The van der Waals surface area contributed by atoms with Crippen LogP contribution in [0.5, 0.6) is 0 Å². The number of carboxylic acid groups (broad SMARTS) is 1. The average molecular weight is 371 g/mol. The molecule has 1 heterocycles. The van der Waals surface area contributed by atoms with Gasteiger partial charge >= 0.3 is 5.97 Å². The first kappa shape index (κ1) is 12.1. The van der Waals surface area contributed by atoms with Crippen molar-refractivity contribution in [1.29, 1.82) is 0 Å². The maximum Gasteiger partial charge on any atom is 0.336 e. The lowest BCUT2D eigenvalue weighted by Crippen LogP contribution is -2.05. The maximum absolute atomic E-state index is 11.5. The van der Waals surface area contributed by atoms with Crippen LogP contribution in [0.4, 0.5) is 0 Å². The summed E-state index contributed by atoms with van der Waals surface area (Å²) < 4.78 is 1.67. The highest BCUT2D eigenvalue weighted by Crippen LogP contribution is 2.35. The van der Waals surface area contributed by atoms with Crippen molar-refractivity contribution in [3.8, 4) is 0 Å². The highest BCUT2D eigenvalue weighted by Gasteiger charge is 2.24. The van der Waals surface area contributed by atoms with E-state index in [1.54, 1.807) is 0 Å². The molecule has 3 nitrogen and oxygen atoms in total. The molecular weight excluding hydrogens is 362 g/mol. The van der Waals surface area contributed by atoms with Gasteiger partial charge in [-0.15, -0.1) is 0 Å². The molecule has 1 aromatic carbocycles. The predicted octanol–water partition coefficient (Wildman–Crippen LogP) is 3.95. The molecule has 0 aliphatic heterocycles. The molecule has 0 spiro atoms. The normalized spacial score (nSPS) is 13.9. The number of aromatic nitrogens is 1. The summed E-state index contributed by atoms with van der Waals surface area (Å²) in [6.07, 6.45) is 2.66. The van der Waals surface area contributed by atoms with Crippen molar-refractivity contribution in [3.05, 3.63) is 37.9 Å². The number of halogens is 2. The number of carbonyl (C=O) groups is 1. The van der Waals surface area contributed by atoms with Crippen LogP contribution in [0, 0.1) is 0 Å². The van der Waals surface area contributed by atoms with E-state index in [2.05, 4.69) is 36.8 Å². The molecule has 18 heavy (non-hydrogen) atoms. The van der Waals surface area contributed by atoms with Gasteiger partial charge in [-0.25, -0.2) is 4.79 Å². The molecule has 0 unspecified atom stereocenters. The Morgan fingerprint density at radius 1 is 1.28 bits per heavy atom. The maximum atomic E-state index is 11.5. The van der Waals surface area contributed by atoms with Crippen LogP contribution in [0.1, 0.15) is 28.0 Å². The molecule has 0 saturated carbocycles. The average Bonchev–Trinajstić information content (AvgIpc) is 2.73. The van der Waals surface area contributed by atoms with Crippen molar-refractivity contribution in [2.75, 3.05) is 0 Å². The molecule has 1 aliphatic rings. The van der Waals surface area contributed by atoms with E-state index in [1.165, 1.54) is 0 Å². The summed E-state index contributed by atoms with van der Waals surface area (Å²) in [6.45, 7) is 0. The highest BCUT2D eigenvalue weighted by molar-refractivity contribution is 9.11. The molecular formula is C13H9Br2NO2. The van der Waals surface area contributed by atoms with Gasteiger partial charge in [0.15, 0.2) is 0 Å². The number of benzene rings is 1. The van der Waals surface area contributed by atoms with E-state index in [9.17, 15) is 9.90 Å². The summed E-state index contributed by atoms with van der Waals surface area (Å²) in [6, 6.07) is 3.72. The number of pyridine rings is 1. The molecule has 0 amide bonds. The first-order valence-electron chi connectivity index (χ1n) is 5.61. The minimum Gasteiger partial charge on any atom is -0.478 e. The van der Waals surface area contributed by atoms with Crippen molar-refractivity contribution in [2.45, 2.75) is 19.3 Å². The topological polar surface area (TPSA) is 50.2 Å². The van der Waals surface area contributed by atoms with E-state index in [0.717, 1.165) is 45.0 Å². The summed E-state index contributed by atoms with van der Waals surface area (Å²) in [4.78, 5) is 16.1. The van der Waals surface area contributed by atoms with Crippen LogP contribution in [-0.4, -0.2) is 16.1 Å². The molecule has 0 radical (unpaired) electrons. The largest absolute Gasteiger partial charge is 0.478 e. The zero-order chi connectivity index (χ0) is 12.9. The van der Waals surface area contributed by atoms with Crippen LogP contribution in [0.2, 0.25) is 0 Å². The summed E-state index contributed by atoms with van der Waals surface area (Å²) in [5.41, 5.74) is 2.98. The third kappa shape index (κ3) is 1.77. The summed E-state index contributed by atoms with van der Waals surface area (Å²) >= 11 is 6.85. The van der Waals surface area contributed by atoms with Crippen LogP contribution in [0.15, 0.2) is 21.1 Å². The summed E-state index contributed by atoms with van der Waals surface area (Å²) in [5.74, 6) is -0.870. The van der Waals surface area contributed by atoms with Gasteiger partial charge in [-0.1, -0.05) is 15.9 Å². The van der Waals surface area contributed by atoms with Gasteiger partial charge in [0, 0.05) is 20.0 Å². The molecule has 1 aromatic heterocycles. The standard InChI is InChI=1S/C13H9Br2NO2/c14-6-4-8-11(13(17)18)7-2-1-3-10(7)16-12(8)9(15)5-6/h4-5H,1-3H2,(H,17,18). The number of rotatable bonds is 1. The SMILES string of the molecule is O=C(O)c1c2c(nc3c(Br)cc(Br)cc13)CCC2. The van der Waals surface area contributed by atoms with Crippen molar-refractivity contribution in [2.24, 2.45) is 0 Å². The number of aryl methyl sites for hydroxylation is 1. The third-order valence-electron chi connectivity index (χ3n) is 3.25. The van der Waals surface area contributed by atoms with Gasteiger partial charge in [-0.3, -0.25) is 4.98 Å². The van der Waals surface area contributed by atoms with Crippen LogP contribution in [0.25, 0.3) is 10.9 Å². The highest BCUT2D eigenvalue weighted by atomic mass is 79.9. The smallest absolute Gasteiger partial charge is 0.336 e. The van der Waals surface area contributed by atoms with Gasteiger partial charge in [-0.2, -0.15) is 0 Å². The lowest BCUT2D eigenvalue weighted by Gasteiger charge is -2.10. The summed E-state index contributed by atoms with van der Waals surface area (Å²) in [7, 11) is 0. The van der Waals surface area contributed by atoms with Crippen molar-refractivity contribution in [3.63, 3.8) is 0 Å². The van der Waals surface area contributed by atoms with Crippen LogP contribution in [-0.2, 0) is 12.8 Å². The Kier molecular flexibility index (Phi) is 2.90. The zero-order valence-corrected chi connectivity index (χ0v) is 12.5. The quantitative estimate of drug-likeness (QED) is 0.826. The number of carboxylic acids is 1. The van der Waals surface area contributed by atoms with E-state index < -0.39 is 5.97 Å². The number of hydrogen-bond donors (Lipinski definition) is 1. The minimum atomic E-state index is -0.870. The third-order valence-corrected chi connectivity index (χ3v) is 4.31. The van der Waals surface area contributed by atoms with Gasteiger partial charge in [0.05, 0.1) is 11.1 Å². The molecule has 5 heteroatoms. The van der Waals surface area contributed by atoms with E-state index in [4.69, 9.17) is 0 Å². The molecule has 1 N–H and O–H groups in total. The van der Waals surface area contributed by atoms with E-state index in [0.29, 0.717) is 10.9 Å². The van der Waals surface area contributed by atoms with Crippen LogP contribution < -0.4 is 0 Å². The fourth-order valence-corrected chi connectivity index (χ4v) is 3.85. The van der Waals surface area contributed by atoms with Crippen LogP contribution >= 0.6 is 31.9 Å². The molecule has 2 aromatic rings. The molecule has 3 rings (SSSR count). The number of aromatic carboxylic acids is 1. The first-order chi connectivity index (χ1) is 8.58. The van der Waals surface area contributed by atoms with E-state index in [1.807, 2.05) is 12.1 Å². The lowest BCUT2D eigenvalue weighted by molar-refractivity contribution is 0.0698. The Bertz CT molecular complexity index is 682. The zero-order valence-electron chi connectivity index (χ0n) is 9.33. The molecule has 0 atom stereocenters. The molecule has 0 fully saturated rings. The predicted molar refractivity (Wildman–Crippen MR) is 76.1 cm³/mol. The van der Waals surface area contributed by atoms with E-state index >= 15 is 0 Å². The monoisotopic (exact) mass is 369 g/mol. The second kappa shape index (κ2) is 4.31. The lowest BCUT2D eigenvalue weighted by atomic mass is 10.0. The van der Waals surface area contributed by atoms with Gasteiger partial charge < -0.3 is 5.11 Å². The Hall–Kier alpha value is -0.940. The Labute approximate surface area is 120 Å². The molecule has 1 aliphatic carbocycles. The van der Waals surface area contributed by atoms with Gasteiger partial charge in [0.1, 0.15) is 0 Å². The second-order valence-corrected chi connectivity index (χ2v) is 6.12. The minimum absolute atomic E-state index is 0.412. The molecule has 0 bridgehead atoms. The Morgan fingerprint density at radius 2 is 2.06 bits per heavy atom. The first-order valence-corrected chi connectivity index (χ1v) is 7.20. The van der Waals surface area contributed by atoms with Gasteiger partial charge in [0.25, 0.3) is 0 Å². The Balaban J connectivity index is 2.50. The number of nitrogens with zero attached hydrogens (tertiary/aromatic N) is 1. The summed E-state index contributed by atoms with van der Waals surface area (Å²) in [5, 5.41) is 10.2. The van der Waals surface area contributed by atoms with Gasteiger partial charge in [-0.05, 0) is 52.9 Å². The number of hydrogen-bond acceptors (Lipinski definition) is 2. The van der Waals surface area contributed by atoms with E-state index in [-0.39, 0.29) is 0 Å². The van der Waals surface area contributed by atoms with Crippen molar-refractivity contribution >= 4 is 48.7 Å². The number of fused-ring (bicyclic) bond motifs is 2. The van der Waals surface area contributed by atoms with Crippen LogP contribution in [0.3, 0.4) is 0 Å². The van der Waals surface area contributed by atoms with Crippen molar-refractivity contribution in [1.82, 2.24) is 4.98 Å². The van der Waals surface area contributed by atoms with Gasteiger partial charge in [0.2, 0.25) is 0 Å². The van der Waals surface area contributed by atoms with Crippen molar-refractivity contribution < 1.29 is 9.90 Å².